The van der Waals surface area contributed by atoms with Crippen molar-refractivity contribution in [1.29, 1.82) is 0 Å². The number of hydrogen-bond donors (Lipinski definition) is 1. The van der Waals surface area contributed by atoms with Gasteiger partial charge in [-0.05, 0) is 73.6 Å². The topological polar surface area (TPSA) is 49.8 Å². The van der Waals surface area contributed by atoms with E-state index in [0.29, 0.717) is 29.7 Å². The Kier molecular flexibility index (Phi) is 4.87. The third-order valence-corrected chi connectivity index (χ3v) is 5.72. The van der Waals surface area contributed by atoms with Crippen LogP contribution in [0.5, 0.6) is 11.5 Å². The van der Waals surface area contributed by atoms with Crippen molar-refractivity contribution in [2.45, 2.75) is 25.9 Å². The van der Waals surface area contributed by atoms with Gasteiger partial charge in [0.25, 0.3) is 0 Å². The molecule has 2 aliphatic rings. The van der Waals surface area contributed by atoms with Gasteiger partial charge in [0, 0.05) is 18.7 Å². The van der Waals surface area contributed by atoms with Gasteiger partial charge in [-0.15, -0.1) is 0 Å². The summed E-state index contributed by atoms with van der Waals surface area (Å²) in [6.45, 7) is 4.02. The summed E-state index contributed by atoms with van der Waals surface area (Å²) < 4.78 is 19.9. The molecule has 0 aromatic heterocycles. The zero-order valence-electron chi connectivity index (χ0n) is 15.4. The molecule has 1 N–H and O–H groups in total. The number of phenols is 1. The van der Waals surface area contributed by atoms with Crippen LogP contribution in [0.4, 0.5) is 4.39 Å². The normalized spacial score (nSPS) is 24.7. The SMILES string of the molecule is Cc1ccc(O[C@H]2C[C@@H]3CN(CC(=O)c4ccc(O)cc4)C[C@@H]3C2)c(F)c1. The van der Waals surface area contributed by atoms with E-state index < -0.39 is 0 Å². The highest BCUT2D eigenvalue weighted by atomic mass is 19.1. The lowest BCUT2D eigenvalue weighted by Crippen LogP contribution is -2.30. The first-order valence-corrected chi connectivity index (χ1v) is 9.45. The molecule has 1 saturated carbocycles. The van der Waals surface area contributed by atoms with E-state index in [4.69, 9.17) is 4.74 Å². The second-order valence-corrected chi connectivity index (χ2v) is 7.83. The number of rotatable bonds is 5. The summed E-state index contributed by atoms with van der Waals surface area (Å²) in [7, 11) is 0. The van der Waals surface area contributed by atoms with E-state index in [0.717, 1.165) is 31.5 Å². The number of ether oxygens (including phenoxy) is 1. The molecule has 5 heteroatoms. The van der Waals surface area contributed by atoms with Crippen LogP contribution in [0.3, 0.4) is 0 Å². The zero-order valence-corrected chi connectivity index (χ0v) is 15.4. The van der Waals surface area contributed by atoms with Crippen molar-refractivity contribution < 1.29 is 19.0 Å². The average Bonchev–Trinajstić information content (AvgIpc) is 3.15. The van der Waals surface area contributed by atoms with Gasteiger partial charge in [-0.25, -0.2) is 4.39 Å². The Labute approximate surface area is 158 Å². The Bertz CT molecular complexity index is 822. The van der Waals surface area contributed by atoms with Gasteiger partial charge in [-0.3, -0.25) is 9.69 Å². The van der Waals surface area contributed by atoms with E-state index in [1.54, 1.807) is 18.2 Å². The Hall–Kier alpha value is -2.40. The molecule has 0 amide bonds. The lowest BCUT2D eigenvalue weighted by atomic mass is 10.0. The highest BCUT2D eigenvalue weighted by Crippen LogP contribution is 2.40. The van der Waals surface area contributed by atoms with Gasteiger partial charge in [0.2, 0.25) is 0 Å². The number of ketones is 1. The molecule has 0 bridgehead atoms. The highest BCUT2D eigenvalue weighted by molar-refractivity contribution is 5.97. The minimum atomic E-state index is -0.298. The van der Waals surface area contributed by atoms with Gasteiger partial charge >= 0.3 is 0 Å². The number of carbonyl (C=O) groups is 1. The van der Waals surface area contributed by atoms with Crippen molar-refractivity contribution in [3.8, 4) is 11.5 Å². The monoisotopic (exact) mass is 369 g/mol. The maximum absolute atomic E-state index is 14.0. The molecule has 1 aliphatic heterocycles. The molecule has 2 fully saturated rings. The van der Waals surface area contributed by atoms with Crippen molar-refractivity contribution >= 4 is 5.78 Å². The van der Waals surface area contributed by atoms with Crippen molar-refractivity contribution in [1.82, 2.24) is 4.90 Å². The van der Waals surface area contributed by atoms with E-state index in [9.17, 15) is 14.3 Å². The maximum atomic E-state index is 14.0. The summed E-state index contributed by atoms with van der Waals surface area (Å²) in [5.41, 5.74) is 1.51. The number of aryl methyl sites for hydroxylation is 1. The van der Waals surface area contributed by atoms with Crippen LogP contribution in [-0.2, 0) is 0 Å². The van der Waals surface area contributed by atoms with E-state index >= 15 is 0 Å². The first-order valence-electron chi connectivity index (χ1n) is 9.45. The third-order valence-electron chi connectivity index (χ3n) is 5.72. The highest BCUT2D eigenvalue weighted by Gasteiger charge is 2.42. The molecule has 2 aromatic carbocycles. The van der Waals surface area contributed by atoms with E-state index in [-0.39, 0.29) is 23.5 Å². The summed E-state index contributed by atoms with van der Waals surface area (Å²) in [5, 5.41) is 9.34. The number of halogens is 1. The number of Topliss-reactive ketones (excluding diaryl/α,β-unsaturated/α-hetero) is 1. The van der Waals surface area contributed by atoms with Gasteiger partial charge in [-0.2, -0.15) is 0 Å². The Morgan fingerprint density at radius 2 is 1.81 bits per heavy atom. The van der Waals surface area contributed by atoms with Crippen LogP contribution in [0.25, 0.3) is 0 Å². The number of nitrogens with zero attached hydrogens (tertiary/aromatic N) is 1. The Balaban J connectivity index is 1.30. The fourth-order valence-corrected chi connectivity index (χ4v) is 4.39. The largest absolute Gasteiger partial charge is 0.508 e. The molecule has 3 atom stereocenters. The fourth-order valence-electron chi connectivity index (χ4n) is 4.39. The fraction of sp³-hybridized carbons (Fsp3) is 0.409. The predicted octanol–water partition coefficient (Wildman–Crippen LogP) is 3.81. The molecule has 0 spiro atoms. The lowest BCUT2D eigenvalue weighted by Gasteiger charge is -2.19. The Morgan fingerprint density at radius 1 is 1.15 bits per heavy atom. The molecule has 1 saturated heterocycles. The number of benzene rings is 2. The minimum Gasteiger partial charge on any atom is -0.508 e. The van der Waals surface area contributed by atoms with Crippen LogP contribution in [0, 0.1) is 24.6 Å². The number of likely N-dealkylation sites (tertiary alicyclic amines) is 1. The third kappa shape index (κ3) is 3.98. The van der Waals surface area contributed by atoms with Crippen LogP contribution in [-0.4, -0.2) is 41.5 Å². The van der Waals surface area contributed by atoms with Crippen molar-refractivity contribution in [2.75, 3.05) is 19.6 Å². The maximum Gasteiger partial charge on any atom is 0.176 e. The van der Waals surface area contributed by atoms with Crippen LogP contribution in [0.15, 0.2) is 42.5 Å². The molecular formula is C22H24FNO3. The smallest absolute Gasteiger partial charge is 0.176 e. The number of carbonyl (C=O) groups excluding carboxylic acids is 1. The van der Waals surface area contributed by atoms with Crippen molar-refractivity contribution in [2.24, 2.45) is 11.8 Å². The van der Waals surface area contributed by atoms with Crippen LogP contribution in [0.1, 0.15) is 28.8 Å². The Morgan fingerprint density at radius 3 is 2.44 bits per heavy atom. The zero-order chi connectivity index (χ0) is 19.0. The van der Waals surface area contributed by atoms with Gasteiger partial charge in [0.05, 0.1) is 12.6 Å². The minimum absolute atomic E-state index is 0.0483. The van der Waals surface area contributed by atoms with Crippen LogP contribution >= 0.6 is 0 Å². The second-order valence-electron chi connectivity index (χ2n) is 7.83. The lowest BCUT2D eigenvalue weighted by molar-refractivity contribution is 0.0936. The quantitative estimate of drug-likeness (QED) is 0.815. The summed E-state index contributed by atoms with van der Waals surface area (Å²) in [5.74, 6) is 1.27. The molecule has 27 heavy (non-hydrogen) atoms. The van der Waals surface area contributed by atoms with E-state index in [1.165, 1.54) is 18.2 Å². The van der Waals surface area contributed by atoms with Crippen molar-refractivity contribution in [3.05, 3.63) is 59.4 Å². The molecule has 1 aliphatic carbocycles. The molecule has 0 radical (unpaired) electrons. The van der Waals surface area contributed by atoms with Crippen LogP contribution in [0.2, 0.25) is 0 Å². The summed E-state index contributed by atoms with van der Waals surface area (Å²) in [6.07, 6.45) is 1.86. The molecular weight excluding hydrogens is 345 g/mol. The van der Waals surface area contributed by atoms with Gasteiger partial charge < -0.3 is 9.84 Å². The van der Waals surface area contributed by atoms with Gasteiger partial charge in [-0.1, -0.05) is 6.07 Å². The average molecular weight is 369 g/mol. The predicted molar refractivity (Wildman–Crippen MR) is 101 cm³/mol. The molecule has 142 valence electrons. The van der Waals surface area contributed by atoms with Crippen LogP contribution < -0.4 is 4.74 Å². The summed E-state index contributed by atoms with van der Waals surface area (Å²) in [4.78, 5) is 14.6. The first kappa shape index (κ1) is 18.0. The molecule has 4 rings (SSSR count). The summed E-state index contributed by atoms with van der Waals surface area (Å²) in [6, 6.07) is 11.5. The number of aromatic hydroxyl groups is 1. The number of phenolic OH excluding ortho intramolecular Hbond substituents is 1. The van der Waals surface area contributed by atoms with E-state index in [2.05, 4.69) is 4.90 Å². The molecule has 2 aromatic rings. The first-order chi connectivity index (χ1) is 13.0. The number of fused-ring (bicyclic) bond motifs is 1. The summed E-state index contributed by atoms with van der Waals surface area (Å²) >= 11 is 0. The standard InChI is InChI=1S/C22H24FNO3/c1-14-2-7-22(20(23)8-14)27-19-9-16-11-24(12-17(16)10-19)13-21(26)15-3-5-18(25)6-4-15/h2-8,16-17,19,25H,9-13H2,1H3/t16-,17+,19+. The van der Waals surface area contributed by atoms with E-state index in [1.807, 2.05) is 13.0 Å². The van der Waals surface area contributed by atoms with Crippen molar-refractivity contribution in [3.63, 3.8) is 0 Å². The van der Waals surface area contributed by atoms with Gasteiger partial charge in [0.15, 0.2) is 17.3 Å². The number of hydrogen-bond acceptors (Lipinski definition) is 4. The van der Waals surface area contributed by atoms with Gasteiger partial charge in [0.1, 0.15) is 5.75 Å². The molecule has 0 unspecified atom stereocenters. The second kappa shape index (κ2) is 7.31. The molecule has 4 nitrogen and oxygen atoms in total. The molecule has 1 heterocycles.